The normalized spacial score (nSPS) is 12.2. The van der Waals surface area contributed by atoms with Gasteiger partial charge in [-0.15, -0.1) is 11.6 Å². The lowest BCUT2D eigenvalue weighted by Gasteiger charge is -2.17. The van der Waals surface area contributed by atoms with Crippen LogP contribution in [0.25, 0.3) is 0 Å². The Labute approximate surface area is 115 Å². The van der Waals surface area contributed by atoms with Crippen molar-refractivity contribution in [2.24, 2.45) is 0 Å². The first kappa shape index (κ1) is 15.0. The Morgan fingerprint density at radius 2 is 2.17 bits per heavy atom. The molecule has 0 radical (unpaired) electrons. The zero-order valence-electron chi connectivity index (χ0n) is 11.4. The highest BCUT2D eigenvalue weighted by Crippen LogP contribution is 2.08. The van der Waals surface area contributed by atoms with Crippen LogP contribution in [0.2, 0.25) is 0 Å². The average Bonchev–Trinajstić information content (AvgIpc) is 2.33. The van der Waals surface area contributed by atoms with Gasteiger partial charge >= 0.3 is 0 Å². The molecular weight excluding hydrogens is 246 g/mol. The second kappa shape index (κ2) is 7.42. The number of aryl methyl sites for hydroxylation is 2. The van der Waals surface area contributed by atoms with Gasteiger partial charge in [-0.1, -0.05) is 29.8 Å². The molecule has 2 nitrogen and oxygen atoms in total. The standard InChI is InChI=1S/C15H22ClNO/c1-12-5-4-6-14(11-12)7-8-15(18)17(3)10-9-13(2)16/h4-6,11,13H,7-10H2,1-3H3. The van der Waals surface area contributed by atoms with Gasteiger partial charge in [-0.2, -0.15) is 0 Å². The van der Waals surface area contributed by atoms with Crippen molar-refractivity contribution >= 4 is 17.5 Å². The van der Waals surface area contributed by atoms with Crippen LogP contribution in [-0.2, 0) is 11.2 Å². The second-order valence-electron chi connectivity index (χ2n) is 4.87. The molecule has 1 amide bonds. The lowest BCUT2D eigenvalue weighted by atomic mass is 10.1. The minimum absolute atomic E-state index is 0.122. The molecule has 1 aromatic rings. The number of hydrogen-bond donors (Lipinski definition) is 0. The Morgan fingerprint density at radius 1 is 1.44 bits per heavy atom. The molecule has 0 bridgehead atoms. The number of carbonyl (C=O) groups excluding carboxylic acids is 1. The summed E-state index contributed by atoms with van der Waals surface area (Å²) >= 11 is 5.88. The molecule has 18 heavy (non-hydrogen) atoms. The highest BCUT2D eigenvalue weighted by Gasteiger charge is 2.09. The van der Waals surface area contributed by atoms with E-state index in [1.54, 1.807) is 4.90 Å². The summed E-state index contributed by atoms with van der Waals surface area (Å²) in [6, 6.07) is 8.31. The molecular formula is C15H22ClNO. The summed E-state index contributed by atoms with van der Waals surface area (Å²) in [4.78, 5) is 13.7. The van der Waals surface area contributed by atoms with E-state index in [1.807, 2.05) is 20.0 Å². The third-order valence-corrected chi connectivity index (χ3v) is 3.22. The van der Waals surface area contributed by atoms with Gasteiger partial charge in [-0.3, -0.25) is 4.79 Å². The summed E-state index contributed by atoms with van der Waals surface area (Å²) in [7, 11) is 1.85. The van der Waals surface area contributed by atoms with Crippen molar-refractivity contribution in [3.63, 3.8) is 0 Å². The van der Waals surface area contributed by atoms with Crippen LogP contribution in [-0.4, -0.2) is 29.8 Å². The van der Waals surface area contributed by atoms with Crippen molar-refractivity contribution in [3.8, 4) is 0 Å². The molecule has 0 aromatic heterocycles. The predicted octanol–water partition coefficient (Wildman–Crippen LogP) is 3.40. The van der Waals surface area contributed by atoms with Gasteiger partial charge in [-0.25, -0.2) is 0 Å². The Morgan fingerprint density at radius 3 is 2.78 bits per heavy atom. The fourth-order valence-electron chi connectivity index (χ4n) is 1.81. The van der Waals surface area contributed by atoms with Gasteiger partial charge in [-0.05, 0) is 32.3 Å². The molecule has 0 fully saturated rings. The van der Waals surface area contributed by atoms with E-state index in [2.05, 4.69) is 25.1 Å². The molecule has 0 aliphatic rings. The Balaban J connectivity index is 2.36. The Hall–Kier alpha value is -1.02. The number of benzene rings is 1. The summed E-state index contributed by atoms with van der Waals surface area (Å²) in [5.41, 5.74) is 2.46. The van der Waals surface area contributed by atoms with Crippen LogP contribution in [0.5, 0.6) is 0 Å². The number of carbonyl (C=O) groups is 1. The van der Waals surface area contributed by atoms with Gasteiger partial charge in [0.25, 0.3) is 0 Å². The van der Waals surface area contributed by atoms with Crippen molar-refractivity contribution in [2.75, 3.05) is 13.6 Å². The van der Waals surface area contributed by atoms with E-state index >= 15 is 0 Å². The minimum atomic E-state index is 0.122. The van der Waals surface area contributed by atoms with Crippen molar-refractivity contribution in [1.82, 2.24) is 4.90 Å². The largest absolute Gasteiger partial charge is 0.346 e. The number of halogens is 1. The van der Waals surface area contributed by atoms with Gasteiger partial charge in [0.2, 0.25) is 5.91 Å². The molecule has 1 unspecified atom stereocenters. The third kappa shape index (κ3) is 5.54. The fraction of sp³-hybridized carbons (Fsp3) is 0.533. The first-order valence-electron chi connectivity index (χ1n) is 6.42. The molecule has 0 N–H and O–H groups in total. The average molecular weight is 268 g/mol. The molecule has 1 aromatic carbocycles. The molecule has 3 heteroatoms. The monoisotopic (exact) mass is 267 g/mol. The molecule has 0 heterocycles. The maximum Gasteiger partial charge on any atom is 0.222 e. The van der Waals surface area contributed by atoms with Crippen LogP contribution < -0.4 is 0 Å². The van der Waals surface area contributed by atoms with E-state index in [0.717, 1.165) is 19.4 Å². The number of nitrogens with zero attached hydrogens (tertiary/aromatic N) is 1. The van der Waals surface area contributed by atoms with E-state index in [9.17, 15) is 4.79 Å². The van der Waals surface area contributed by atoms with Crippen LogP contribution in [0.4, 0.5) is 0 Å². The van der Waals surface area contributed by atoms with Crippen LogP contribution in [0.1, 0.15) is 30.9 Å². The summed E-state index contributed by atoms with van der Waals surface area (Å²) < 4.78 is 0. The number of amides is 1. The van der Waals surface area contributed by atoms with Gasteiger partial charge in [0.1, 0.15) is 0 Å². The predicted molar refractivity (Wildman–Crippen MR) is 77.1 cm³/mol. The van der Waals surface area contributed by atoms with E-state index in [-0.39, 0.29) is 11.3 Å². The van der Waals surface area contributed by atoms with E-state index < -0.39 is 0 Å². The van der Waals surface area contributed by atoms with E-state index in [0.29, 0.717) is 6.42 Å². The summed E-state index contributed by atoms with van der Waals surface area (Å²) in [6.45, 7) is 4.75. The number of alkyl halides is 1. The topological polar surface area (TPSA) is 20.3 Å². The van der Waals surface area contributed by atoms with E-state index in [4.69, 9.17) is 11.6 Å². The highest BCUT2D eigenvalue weighted by molar-refractivity contribution is 6.20. The first-order chi connectivity index (χ1) is 8.49. The maximum absolute atomic E-state index is 11.9. The molecule has 0 saturated carbocycles. The molecule has 0 aliphatic heterocycles. The fourth-order valence-corrected chi connectivity index (χ4v) is 1.90. The van der Waals surface area contributed by atoms with Crippen molar-refractivity contribution in [3.05, 3.63) is 35.4 Å². The lowest BCUT2D eigenvalue weighted by molar-refractivity contribution is -0.129. The van der Waals surface area contributed by atoms with Crippen molar-refractivity contribution in [2.45, 2.75) is 38.5 Å². The van der Waals surface area contributed by atoms with Crippen molar-refractivity contribution in [1.29, 1.82) is 0 Å². The van der Waals surface area contributed by atoms with Gasteiger partial charge in [0, 0.05) is 25.4 Å². The van der Waals surface area contributed by atoms with Crippen LogP contribution >= 0.6 is 11.6 Å². The first-order valence-corrected chi connectivity index (χ1v) is 6.86. The Bertz CT molecular complexity index is 390. The number of rotatable bonds is 6. The van der Waals surface area contributed by atoms with Gasteiger partial charge in [0.05, 0.1) is 0 Å². The lowest BCUT2D eigenvalue weighted by Crippen LogP contribution is -2.28. The summed E-state index contributed by atoms with van der Waals surface area (Å²) in [5.74, 6) is 0.189. The quantitative estimate of drug-likeness (QED) is 0.724. The molecule has 0 spiro atoms. The van der Waals surface area contributed by atoms with Crippen molar-refractivity contribution < 1.29 is 4.79 Å². The van der Waals surface area contributed by atoms with Crippen LogP contribution in [0, 0.1) is 6.92 Å². The Kier molecular flexibility index (Phi) is 6.20. The zero-order valence-corrected chi connectivity index (χ0v) is 12.2. The SMILES string of the molecule is Cc1cccc(CCC(=O)N(C)CCC(C)Cl)c1. The third-order valence-electron chi connectivity index (χ3n) is 3.00. The molecule has 1 atom stereocenters. The van der Waals surface area contributed by atoms with Gasteiger partial charge in [0.15, 0.2) is 0 Å². The molecule has 0 saturated heterocycles. The highest BCUT2D eigenvalue weighted by atomic mass is 35.5. The molecule has 100 valence electrons. The summed E-state index contributed by atoms with van der Waals surface area (Å²) in [6.07, 6.45) is 2.21. The number of hydrogen-bond acceptors (Lipinski definition) is 1. The zero-order chi connectivity index (χ0) is 13.5. The van der Waals surface area contributed by atoms with Crippen LogP contribution in [0.3, 0.4) is 0 Å². The maximum atomic E-state index is 11.9. The molecule has 0 aliphatic carbocycles. The smallest absolute Gasteiger partial charge is 0.222 e. The summed E-state index contributed by atoms with van der Waals surface area (Å²) in [5, 5.41) is 0.122. The molecule has 1 rings (SSSR count). The minimum Gasteiger partial charge on any atom is -0.346 e. The van der Waals surface area contributed by atoms with Crippen LogP contribution in [0.15, 0.2) is 24.3 Å². The second-order valence-corrected chi connectivity index (χ2v) is 5.62. The van der Waals surface area contributed by atoms with E-state index in [1.165, 1.54) is 11.1 Å². The van der Waals surface area contributed by atoms with Gasteiger partial charge < -0.3 is 4.90 Å².